The molecule has 28 heavy (non-hydrogen) atoms. The second-order valence-electron chi connectivity index (χ2n) is 6.72. The predicted octanol–water partition coefficient (Wildman–Crippen LogP) is 4.41. The summed E-state index contributed by atoms with van der Waals surface area (Å²) in [7, 11) is 3.15. The number of likely N-dealkylation sites (tertiary alicyclic amines) is 1. The Balaban J connectivity index is 1.95. The summed E-state index contributed by atoms with van der Waals surface area (Å²) in [6.07, 6.45) is 0.614. The molecule has 0 aliphatic carbocycles. The Kier molecular flexibility index (Phi) is 6.02. The van der Waals surface area contributed by atoms with Crippen LogP contribution in [0, 0.1) is 5.92 Å². The van der Waals surface area contributed by atoms with Gasteiger partial charge in [-0.3, -0.25) is 4.79 Å². The lowest BCUT2D eigenvalue weighted by atomic mass is 9.98. The third-order valence-corrected chi connectivity index (χ3v) is 4.93. The quantitative estimate of drug-likeness (QED) is 0.701. The molecule has 0 spiro atoms. The molecule has 1 heterocycles. The average Bonchev–Trinajstić information content (AvgIpc) is 2.95. The highest BCUT2D eigenvalue weighted by Crippen LogP contribution is 2.45. The van der Waals surface area contributed by atoms with Crippen LogP contribution in [0.15, 0.2) is 42.5 Å². The Morgan fingerprint density at radius 2 is 1.75 bits per heavy atom. The summed E-state index contributed by atoms with van der Waals surface area (Å²) in [5.41, 5.74) is 1.52. The Bertz CT molecular complexity index is 821. The van der Waals surface area contributed by atoms with E-state index < -0.39 is 6.61 Å². The summed E-state index contributed by atoms with van der Waals surface area (Å²) in [6, 6.07) is 11.7. The van der Waals surface area contributed by atoms with Gasteiger partial charge in [-0.15, -0.1) is 0 Å². The maximum atomic E-state index is 12.8. The van der Waals surface area contributed by atoms with Crippen LogP contribution in [-0.2, 0) is 11.3 Å². The first-order valence-electron chi connectivity index (χ1n) is 8.99. The van der Waals surface area contributed by atoms with E-state index in [1.54, 1.807) is 31.3 Å². The van der Waals surface area contributed by atoms with Gasteiger partial charge in [-0.2, -0.15) is 8.78 Å². The number of rotatable bonds is 7. The van der Waals surface area contributed by atoms with Crippen molar-refractivity contribution >= 4 is 5.91 Å². The molecule has 5 nitrogen and oxygen atoms in total. The van der Waals surface area contributed by atoms with Gasteiger partial charge >= 0.3 is 6.61 Å². The maximum absolute atomic E-state index is 12.8. The van der Waals surface area contributed by atoms with Crippen LogP contribution in [0.2, 0.25) is 0 Å². The maximum Gasteiger partial charge on any atom is 0.387 e. The molecule has 7 heteroatoms. The molecule has 0 radical (unpaired) electrons. The fourth-order valence-corrected chi connectivity index (χ4v) is 3.69. The summed E-state index contributed by atoms with van der Waals surface area (Å²) in [6.45, 7) is -0.738. The Labute approximate surface area is 162 Å². The molecular weight excluding hydrogens is 368 g/mol. The highest BCUT2D eigenvalue weighted by molar-refractivity contribution is 5.82. The van der Waals surface area contributed by atoms with E-state index in [0.717, 1.165) is 5.56 Å². The smallest absolute Gasteiger partial charge is 0.387 e. The number of benzene rings is 2. The molecule has 150 valence electrons. The Morgan fingerprint density at radius 1 is 1.11 bits per heavy atom. The third kappa shape index (κ3) is 4.03. The minimum absolute atomic E-state index is 0.00172. The lowest BCUT2D eigenvalue weighted by molar-refractivity contribution is -0.132. The van der Waals surface area contributed by atoms with Crippen LogP contribution in [0.1, 0.15) is 30.5 Å². The number of nitrogens with zero attached hydrogens (tertiary/aromatic N) is 1. The highest BCUT2D eigenvalue weighted by Gasteiger charge is 2.40. The molecule has 1 saturated heterocycles. The molecule has 2 aromatic carbocycles. The number of amides is 1. The molecule has 3 rings (SSSR count). The van der Waals surface area contributed by atoms with Gasteiger partial charge < -0.3 is 19.1 Å². The number of ether oxygens (including phenoxy) is 3. The van der Waals surface area contributed by atoms with Crippen LogP contribution < -0.4 is 14.2 Å². The summed E-state index contributed by atoms with van der Waals surface area (Å²) < 4.78 is 40.5. The van der Waals surface area contributed by atoms with Crippen LogP contribution >= 0.6 is 0 Å². The van der Waals surface area contributed by atoms with Gasteiger partial charge in [0.05, 0.1) is 25.8 Å². The van der Waals surface area contributed by atoms with Crippen molar-refractivity contribution in [3.05, 3.63) is 53.6 Å². The minimum atomic E-state index is -2.89. The summed E-state index contributed by atoms with van der Waals surface area (Å²) >= 11 is 0. The standard InChI is InChI=1S/C21H23F2NO4/c1-13-10-16(19-17(26-2)8-5-9-18(19)27-3)24(20(13)25)12-14-6-4-7-15(11-14)28-21(22)23/h4-9,11,13,16,21H,10,12H2,1-3H3. The minimum Gasteiger partial charge on any atom is -0.496 e. The first-order valence-corrected chi connectivity index (χ1v) is 8.99. The van der Waals surface area contributed by atoms with E-state index in [0.29, 0.717) is 23.5 Å². The van der Waals surface area contributed by atoms with Crippen LogP contribution in [0.5, 0.6) is 17.2 Å². The molecule has 0 saturated carbocycles. The van der Waals surface area contributed by atoms with Crippen molar-refractivity contribution in [2.45, 2.75) is 32.5 Å². The summed E-state index contributed by atoms with van der Waals surface area (Å²) in [5, 5.41) is 0. The van der Waals surface area contributed by atoms with E-state index in [1.165, 1.54) is 12.1 Å². The van der Waals surface area contributed by atoms with E-state index >= 15 is 0 Å². The predicted molar refractivity (Wildman–Crippen MR) is 99.7 cm³/mol. The fourth-order valence-electron chi connectivity index (χ4n) is 3.69. The van der Waals surface area contributed by atoms with Gasteiger partial charge in [0.15, 0.2) is 0 Å². The van der Waals surface area contributed by atoms with Gasteiger partial charge in [0.1, 0.15) is 17.2 Å². The van der Waals surface area contributed by atoms with Crippen molar-refractivity contribution < 1.29 is 27.8 Å². The van der Waals surface area contributed by atoms with E-state index in [9.17, 15) is 13.6 Å². The van der Waals surface area contributed by atoms with Gasteiger partial charge in [0, 0.05) is 12.5 Å². The first kappa shape index (κ1) is 19.9. The van der Waals surface area contributed by atoms with E-state index in [-0.39, 0.29) is 30.2 Å². The molecule has 1 aliphatic rings. The van der Waals surface area contributed by atoms with Crippen molar-refractivity contribution in [1.82, 2.24) is 4.90 Å². The van der Waals surface area contributed by atoms with Crippen LogP contribution in [0.25, 0.3) is 0 Å². The van der Waals surface area contributed by atoms with Crippen molar-refractivity contribution in [3.8, 4) is 17.2 Å². The van der Waals surface area contributed by atoms with Crippen molar-refractivity contribution in [2.24, 2.45) is 5.92 Å². The molecule has 1 aliphatic heterocycles. The number of hydrogen-bond donors (Lipinski definition) is 0. The number of methoxy groups -OCH3 is 2. The lowest BCUT2D eigenvalue weighted by Crippen LogP contribution is -2.29. The van der Waals surface area contributed by atoms with Crippen molar-refractivity contribution in [3.63, 3.8) is 0 Å². The number of carbonyl (C=O) groups is 1. The van der Waals surface area contributed by atoms with E-state index in [2.05, 4.69) is 4.74 Å². The number of carbonyl (C=O) groups excluding carboxylic acids is 1. The zero-order chi connectivity index (χ0) is 20.3. The second-order valence-corrected chi connectivity index (χ2v) is 6.72. The monoisotopic (exact) mass is 391 g/mol. The largest absolute Gasteiger partial charge is 0.496 e. The molecule has 2 unspecified atom stereocenters. The summed E-state index contributed by atoms with van der Waals surface area (Å²) in [5.74, 6) is 1.19. The zero-order valence-corrected chi connectivity index (χ0v) is 16.0. The van der Waals surface area contributed by atoms with Crippen LogP contribution in [0.4, 0.5) is 8.78 Å². The topological polar surface area (TPSA) is 48.0 Å². The number of hydrogen-bond acceptors (Lipinski definition) is 4. The van der Waals surface area contributed by atoms with Gasteiger partial charge in [-0.05, 0) is 36.2 Å². The Hall–Kier alpha value is -2.83. The molecular formula is C21H23F2NO4. The lowest BCUT2D eigenvalue weighted by Gasteiger charge is -2.28. The second kappa shape index (κ2) is 8.46. The number of halogens is 2. The van der Waals surface area contributed by atoms with Gasteiger partial charge in [0.25, 0.3) is 0 Å². The van der Waals surface area contributed by atoms with Gasteiger partial charge in [0.2, 0.25) is 5.91 Å². The molecule has 0 N–H and O–H groups in total. The first-order chi connectivity index (χ1) is 13.4. The molecule has 0 bridgehead atoms. The van der Waals surface area contributed by atoms with Crippen LogP contribution in [0.3, 0.4) is 0 Å². The highest BCUT2D eigenvalue weighted by atomic mass is 19.3. The van der Waals surface area contributed by atoms with Crippen molar-refractivity contribution in [1.29, 1.82) is 0 Å². The Morgan fingerprint density at radius 3 is 2.36 bits per heavy atom. The zero-order valence-electron chi connectivity index (χ0n) is 16.0. The molecule has 2 aromatic rings. The summed E-state index contributed by atoms with van der Waals surface area (Å²) in [4.78, 5) is 14.6. The molecule has 1 amide bonds. The van der Waals surface area contributed by atoms with E-state index in [4.69, 9.17) is 9.47 Å². The van der Waals surface area contributed by atoms with Crippen molar-refractivity contribution in [2.75, 3.05) is 14.2 Å². The fraction of sp³-hybridized carbons (Fsp3) is 0.381. The number of alkyl halides is 2. The molecule has 2 atom stereocenters. The van der Waals surface area contributed by atoms with E-state index in [1.807, 2.05) is 25.1 Å². The van der Waals surface area contributed by atoms with Crippen LogP contribution in [-0.4, -0.2) is 31.6 Å². The van der Waals surface area contributed by atoms with Gasteiger partial charge in [-0.25, -0.2) is 0 Å². The third-order valence-electron chi connectivity index (χ3n) is 4.93. The molecule has 0 aromatic heterocycles. The average molecular weight is 391 g/mol. The SMILES string of the molecule is COc1cccc(OC)c1C1CC(C)C(=O)N1Cc1cccc(OC(F)F)c1. The normalized spacial score (nSPS) is 19.2. The van der Waals surface area contributed by atoms with Gasteiger partial charge in [-0.1, -0.05) is 25.1 Å². The molecule has 1 fully saturated rings.